The van der Waals surface area contributed by atoms with Gasteiger partial charge in [-0.3, -0.25) is 0 Å². The summed E-state index contributed by atoms with van der Waals surface area (Å²) in [7, 11) is 0. The lowest BCUT2D eigenvalue weighted by Gasteiger charge is -2.14. The highest BCUT2D eigenvalue weighted by Crippen LogP contribution is 2.32. The van der Waals surface area contributed by atoms with E-state index < -0.39 is 29.8 Å². The minimum Gasteiger partial charge on any atom is -0.423 e. The van der Waals surface area contributed by atoms with Crippen LogP contribution in [0.5, 0.6) is 28.7 Å². The third kappa shape index (κ3) is 10.6. The molecular formula is C43H34O10. The molecule has 0 fully saturated rings. The molecular weight excluding hydrogens is 676 g/mol. The van der Waals surface area contributed by atoms with E-state index in [-0.39, 0.29) is 56.4 Å². The zero-order valence-corrected chi connectivity index (χ0v) is 29.5. The second-order valence-electron chi connectivity index (χ2n) is 11.7. The van der Waals surface area contributed by atoms with Gasteiger partial charge in [-0.1, -0.05) is 62.4 Å². The lowest BCUT2D eigenvalue weighted by atomic mass is 10.1. The van der Waals surface area contributed by atoms with Crippen molar-refractivity contribution < 1.29 is 47.7 Å². The molecule has 4 aromatic rings. The highest BCUT2D eigenvalue weighted by atomic mass is 16.6. The number of carbonyl (C=O) groups is 5. The van der Waals surface area contributed by atoms with Crippen LogP contribution in [0, 0.1) is 11.8 Å². The Balaban J connectivity index is 1.66. The van der Waals surface area contributed by atoms with Gasteiger partial charge in [-0.2, -0.15) is 0 Å². The first kappa shape index (κ1) is 38.6. The Morgan fingerprint density at radius 2 is 0.830 bits per heavy atom. The number of hydrogen-bond acceptors (Lipinski definition) is 10. The molecule has 0 radical (unpaired) electrons. The Kier molecular flexibility index (Phi) is 12.4. The summed E-state index contributed by atoms with van der Waals surface area (Å²) < 4.78 is 27.1. The van der Waals surface area contributed by atoms with E-state index in [4.69, 9.17) is 23.7 Å². The fourth-order valence-corrected chi connectivity index (χ4v) is 4.09. The van der Waals surface area contributed by atoms with Crippen molar-refractivity contribution in [3.05, 3.63) is 150 Å². The highest BCUT2D eigenvalue weighted by Gasteiger charge is 2.23. The molecule has 4 aromatic carbocycles. The van der Waals surface area contributed by atoms with Crippen LogP contribution in [-0.2, 0) is 19.2 Å². The van der Waals surface area contributed by atoms with E-state index >= 15 is 0 Å². The average Bonchev–Trinajstić information content (AvgIpc) is 3.12. The van der Waals surface area contributed by atoms with Crippen LogP contribution in [0.25, 0.3) is 11.1 Å². The summed E-state index contributed by atoms with van der Waals surface area (Å²) >= 11 is 0. The largest absolute Gasteiger partial charge is 0.423 e. The summed E-state index contributed by atoms with van der Waals surface area (Å²) in [5.41, 5.74) is 2.56. The predicted molar refractivity (Wildman–Crippen MR) is 197 cm³/mol. The Bertz CT molecular complexity index is 2230. The van der Waals surface area contributed by atoms with Crippen molar-refractivity contribution in [1.29, 1.82) is 0 Å². The molecule has 0 N–H and O–H groups in total. The van der Waals surface area contributed by atoms with Gasteiger partial charge in [-0.05, 0) is 87.4 Å². The molecule has 0 atom stereocenters. The Morgan fingerprint density at radius 1 is 0.453 bits per heavy atom. The first-order valence-corrected chi connectivity index (χ1v) is 15.8. The van der Waals surface area contributed by atoms with E-state index in [1.54, 1.807) is 79.7 Å². The van der Waals surface area contributed by atoms with Gasteiger partial charge in [-0.25, -0.2) is 24.0 Å². The number of ether oxygens (including phenoxy) is 5. The lowest BCUT2D eigenvalue weighted by Crippen LogP contribution is -2.16. The Morgan fingerprint density at radius 3 is 1.26 bits per heavy atom. The number of benzene rings is 4. The number of rotatable bonds is 11. The Labute approximate surface area is 306 Å². The molecule has 53 heavy (non-hydrogen) atoms. The van der Waals surface area contributed by atoms with E-state index in [0.29, 0.717) is 11.3 Å². The Hall–Kier alpha value is -7.25. The molecule has 0 heterocycles. The molecule has 0 bridgehead atoms. The van der Waals surface area contributed by atoms with Crippen LogP contribution in [0.15, 0.2) is 134 Å². The quantitative estimate of drug-likeness (QED) is 0.0655. The van der Waals surface area contributed by atoms with Gasteiger partial charge in [0.1, 0.15) is 34.3 Å². The third-order valence-electron chi connectivity index (χ3n) is 6.97. The van der Waals surface area contributed by atoms with Crippen LogP contribution in [0.2, 0.25) is 0 Å². The molecule has 0 amide bonds. The van der Waals surface area contributed by atoms with Crippen LogP contribution in [0.4, 0.5) is 0 Å². The van der Waals surface area contributed by atoms with Gasteiger partial charge >= 0.3 is 29.8 Å². The standard InChI is InChI=1S/C43H34O10/c1-25(2)39(44)49-33-17-10-29(11-18-33)9-12-32-23-38(53-42(47)28(7)8)36(24-37(32)52-41(46)27(5)6)43(48)51-35-21-15-31(16-22-35)30-13-19-34(20-14-30)50-40(45)26(3)4/h10-11,13-24H,1,3,5,7H2,2,4,6,8H3. The van der Waals surface area contributed by atoms with E-state index in [1.165, 1.54) is 32.9 Å². The molecule has 0 aromatic heterocycles. The van der Waals surface area contributed by atoms with Gasteiger partial charge in [0.15, 0.2) is 0 Å². The van der Waals surface area contributed by atoms with Gasteiger partial charge in [0.2, 0.25) is 0 Å². The van der Waals surface area contributed by atoms with Gasteiger partial charge < -0.3 is 23.7 Å². The highest BCUT2D eigenvalue weighted by molar-refractivity contribution is 5.98. The zero-order chi connectivity index (χ0) is 38.8. The maximum absolute atomic E-state index is 13.6. The summed E-state index contributed by atoms with van der Waals surface area (Å²) in [5, 5.41) is 0. The van der Waals surface area contributed by atoms with E-state index in [0.717, 1.165) is 11.1 Å². The molecule has 266 valence electrons. The van der Waals surface area contributed by atoms with E-state index in [1.807, 2.05) is 0 Å². The summed E-state index contributed by atoms with van der Waals surface area (Å²) in [6.07, 6.45) is 0. The molecule has 0 unspecified atom stereocenters. The lowest BCUT2D eigenvalue weighted by molar-refractivity contribution is -0.131. The number of esters is 5. The first-order chi connectivity index (χ1) is 25.1. The van der Waals surface area contributed by atoms with Crippen molar-refractivity contribution in [3.63, 3.8) is 0 Å². The van der Waals surface area contributed by atoms with E-state index in [2.05, 4.69) is 38.2 Å². The minimum atomic E-state index is -0.932. The topological polar surface area (TPSA) is 132 Å². The van der Waals surface area contributed by atoms with Crippen molar-refractivity contribution in [1.82, 2.24) is 0 Å². The van der Waals surface area contributed by atoms with Crippen molar-refractivity contribution in [2.45, 2.75) is 27.7 Å². The summed E-state index contributed by atoms with van der Waals surface area (Å²) in [6, 6.07) is 22.1. The fourth-order valence-electron chi connectivity index (χ4n) is 4.09. The fraction of sp³-hybridized carbons (Fsp3) is 0.0930. The van der Waals surface area contributed by atoms with Crippen LogP contribution < -0.4 is 23.7 Å². The molecule has 10 nitrogen and oxygen atoms in total. The zero-order valence-electron chi connectivity index (χ0n) is 29.5. The SMILES string of the molecule is C=C(C)C(=O)Oc1ccc(C#Cc2cc(OC(=O)C(=C)C)c(C(=O)Oc3ccc(-c4ccc(OC(=O)C(=C)C)cc4)cc3)cc2OC(=O)C(=C)C)cc1. The van der Waals surface area contributed by atoms with Gasteiger partial charge in [0, 0.05) is 40.0 Å². The summed E-state index contributed by atoms with van der Waals surface area (Å²) in [5.74, 6) is 2.57. The smallest absolute Gasteiger partial charge is 0.347 e. The van der Waals surface area contributed by atoms with Crippen LogP contribution in [-0.4, -0.2) is 29.8 Å². The van der Waals surface area contributed by atoms with Crippen molar-refractivity contribution >= 4 is 29.8 Å². The predicted octanol–water partition coefficient (Wildman–Crippen LogP) is 7.90. The average molecular weight is 711 g/mol. The molecule has 0 saturated carbocycles. The van der Waals surface area contributed by atoms with Crippen LogP contribution in [0.1, 0.15) is 49.2 Å². The molecule has 4 rings (SSSR count). The van der Waals surface area contributed by atoms with Gasteiger partial charge in [-0.15, -0.1) is 0 Å². The van der Waals surface area contributed by atoms with Crippen LogP contribution in [0.3, 0.4) is 0 Å². The molecule has 0 aliphatic rings. The molecule has 10 heteroatoms. The van der Waals surface area contributed by atoms with Crippen LogP contribution >= 0.6 is 0 Å². The summed E-state index contributed by atoms with van der Waals surface area (Å²) in [4.78, 5) is 62.5. The second-order valence-corrected chi connectivity index (χ2v) is 11.7. The normalized spacial score (nSPS) is 10.0. The number of hydrogen-bond donors (Lipinski definition) is 0. The van der Waals surface area contributed by atoms with Crippen molar-refractivity contribution in [2.24, 2.45) is 0 Å². The first-order valence-electron chi connectivity index (χ1n) is 15.8. The molecule has 0 saturated heterocycles. The van der Waals surface area contributed by atoms with Gasteiger partial charge in [0.05, 0.1) is 5.56 Å². The molecule has 0 spiro atoms. The maximum Gasteiger partial charge on any atom is 0.347 e. The summed E-state index contributed by atoms with van der Waals surface area (Å²) in [6.45, 7) is 20.3. The number of carbonyl (C=O) groups excluding carboxylic acids is 5. The monoisotopic (exact) mass is 710 g/mol. The maximum atomic E-state index is 13.6. The van der Waals surface area contributed by atoms with Gasteiger partial charge in [0.25, 0.3) is 0 Å². The van der Waals surface area contributed by atoms with Crippen molar-refractivity contribution in [3.8, 4) is 51.7 Å². The second kappa shape index (κ2) is 17.1. The minimum absolute atomic E-state index is 0.0554. The molecule has 0 aliphatic heterocycles. The third-order valence-corrected chi connectivity index (χ3v) is 6.97. The van der Waals surface area contributed by atoms with E-state index in [9.17, 15) is 24.0 Å². The van der Waals surface area contributed by atoms with Crippen molar-refractivity contribution in [2.75, 3.05) is 0 Å². The molecule has 0 aliphatic carbocycles.